The summed E-state index contributed by atoms with van der Waals surface area (Å²) in [6, 6.07) is 5.08. The molecule has 0 aliphatic carbocycles. The molecule has 1 aliphatic heterocycles. The predicted octanol–water partition coefficient (Wildman–Crippen LogP) is 1.77. The number of carbonyl (C=O) groups excluding carboxylic acids is 2. The van der Waals surface area contributed by atoms with Crippen LogP contribution in [0.2, 0.25) is 0 Å². The van der Waals surface area contributed by atoms with Crippen LogP contribution in [-0.4, -0.2) is 64.5 Å². The summed E-state index contributed by atoms with van der Waals surface area (Å²) in [5.41, 5.74) is -0.0439. The SMILES string of the molecule is CCCCOC(=O)NCC1(NCC(=O)c2cc(OC)ccc2OC)COC1. The summed E-state index contributed by atoms with van der Waals surface area (Å²) in [5.74, 6) is 0.930. The quantitative estimate of drug-likeness (QED) is 0.446. The number of unbranched alkanes of at least 4 members (excludes halogenated alkanes) is 1. The van der Waals surface area contributed by atoms with Gasteiger partial charge < -0.3 is 24.3 Å². The van der Waals surface area contributed by atoms with Gasteiger partial charge in [-0.2, -0.15) is 0 Å². The number of hydrogen-bond acceptors (Lipinski definition) is 7. The third kappa shape index (κ3) is 5.83. The molecule has 0 saturated carbocycles. The number of Topliss-reactive ketones (excluding diaryl/α,β-unsaturated/α-hetero) is 1. The Morgan fingerprint density at radius 1 is 1.22 bits per heavy atom. The van der Waals surface area contributed by atoms with Crippen LogP contribution < -0.4 is 20.1 Å². The smallest absolute Gasteiger partial charge is 0.407 e. The van der Waals surface area contributed by atoms with Gasteiger partial charge in [0.25, 0.3) is 0 Å². The molecular weight excluding hydrogens is 352 g/mol. The maximum atomic E-state index is 12.6. The molecule has 1 aliphatic rings. The maximum absolute atomic E-state index is 12.6. The molecule has 0 atom stereocenters. The van der Waals surface area contributed by atoms with Crippen LogP contribution in [0.25, 0.3) is 0 Å². The van der Waals surface area contributed by atoms with Crippen LogP contribution in [0.4, 0.5) is 4.79 Å². The van der Waals surface area contributed by atoms with Crippen LogP contribution >= 0.6 is 0 Å². The highest BCUT2D eigenvalue weighted by atomic mass is 16.5. The number of alkyl carbamates (subject to hydrolysis) is 1. The molecule has 0 unspecified atom stereocenters. The summed E-state index contributed by atoms with van der Waals surface area (Å²) in [5, 5.41) is 5.93. The molecule has 8 nitrogen and oxygen atoms in total. The van der Waals surface area contributed by atoms with Crippen molar-refractivity contribution in [3.8, 4) is 11.5 Å². The number of rotatable bonds is 11. The first-order valence-corrected chi connectivity index (χ1v) is 9.02. The van der Waals surface area contributed by atoms with E-state index >= 15 is 0 Å². The second kappa shape index (κ2) is 10.1. The minimum Gasteiger partial charge on any atom is -0.497 e. The normalized spacial score (nSPS) is 14.8. The maximum Gasteiger partial charge on any atom is 0.407 e. The second-order valence-electron chi connectivity index (χ2n) is 6.46. The average Bonchev–Trinajstić information content (AvgIpc) is 2.66. The zero-order valence-corrected chi connectivity index (χ0v) is 16.1. The molecule has 1 amide bonds. The van der Waals surface area contributed by atoms with E-state index in [1.807, 2.05) is 6.92 Å². The van der Waals surface area contributed by atoms with Gasteiger partial charge in [-0.1, -0.05) is 13.3 Å². The molecule has 27 heavy (non-hydrogen) atoms. The van der Waals surface area contributed by atoms with Crippen LogP contribution in [0, 0.1) is 0 Å². The van der Waals surface area contributed by atoms with E-state index in [-0.39, 0.29) is 12.3 Å². The summed E-state index contributed by atoms with van der Waals surface area (Å²) in [4.78, 5) is 24.4. The fourth-order valence-electron chi connectivity index (χ4n) is 2.61. The Labute approximate surface area is 159 Å². The third-order valence-electron chi connectivity index (χ3n) is 4.39. The molecule has 1 fully saturated rings. The molecule has 2 rings (SSSR count). The van der Waals surface area contributed by atoms with E-state index in [0.29, 0.717) is 43.4 Å². The Morgan fingerprint density at radius 2 is 2.00 bits per heavy atom. The van der Waals surface area contributed by atoms with Crippen LogP contribution in [0.15, 0.2) is 18.2 Å². The Hall–Kier alpha value is -2.32. The van der Waals surface area contributed by atoms with E-state index in [9.17, 15) is 9.59 Å². The van der Waals surface area contributed by atoms with E-state index in [1.165, 1.54) is 7.11 Å². The van der Waals surface area contributed by atoms with Crippen molar-refractivity contribution in [2.24, 2.45) is 0 Å². The molecule has 0 radical (unpaired) electrons. The summed E-state index contributed by atoms with van der Waals surface area (Å²) < 4.78 is 20.8. The number of carbonyl (C=O) groups is 2. The van der Waals surface area contributed by atoms with Crippen molar-refractivity contribution in [1.82, 2.24) is 10.6 Å². The molecule has 0 bridgehead atoms. The Bertz CT molecular complexity index is 645. The molecule has 150 valence electrons. The fraction of sp³-hybridized carbons (Fsp3) is 0.579. The van der Waals surface area contributed by atoms with Crippen molar-refractivity contribution in [1.29, 1.82) is 0 Å². The van der Waals surface area contributed by atoms with Gasteiger partial charge in [0.05, 0.1) is 51.7 Å². The van der Waals surface area contributed by atoms with Gasteiger partial charge in [0.15, 0.2) is 5.78 Å². The average molecular weight is 380 g/mol. The van der Waals surface area contributed by atoms with Crippen molar-refractivity contribution in [2.45, 2.75) is 25.3 Å². The van der Waals surface area contributed by atoms with Crippen molar-refractivity contribution < 1.29 is 28.5 Å². The van der Waals surface area contributed by atoms with E-state index in [0.717, 1.165) is 12.8 Å². The fourth-order valence-corrected chi connectivity index (χ4v) is 2.61. The number of ether oxygens (including phenoxy) is 4. The summed E-state index contributed by atoms with van der Waals surface area (Å²) in [7, 11) is 3.06. The standard InChI is InChI=1S/C19H28N2O6/c1-4-5-8-27-18(23)20-11-19(12-26-13-19)21-10-16(22)15-9-14(24-2)6-7-17(15)25-3/h6-7,9,21H,4-5,8,10-13H2,1-3H3,(H,20,23). The highest BCUT2D eigenvalue weighted by Gasteiger charge is 2.39. The Kier molecular flexibility index (Phi) is 7.87. The van der Waals surface area contributed by atoms with Crippen molar-refractivity contribution >= 4 is 11.9 Å². The lowest BCUT2D eigenvalue weighted by molar-refractivity contribution is -0.0709. The number of nitrogens with one attached hydrogen (secondary N) is 2. The molecule has 1 heterocycles. The second-order valence-corrected chi connectivity index (χ2v) is 6.46. The van der Waals surface area contributed by atoms with Gasteiger partial charge in [-0.15, -0.1) is 0 Å². The molecular formula is C19H28N2O6. The lowest BCUT2D eigenvalue weighted by Crippen LogP contribution is -2.66. The molecule has 0 aromatic heterocycles. The number of amides is 1. The number of hydrogen-bond donors (Lipinski definition) is 2. The first kappa shape index (κ1) is 21.0. The van der Waals surface area contributed by atoms with Gasteiger partial charge in [0, 0.05) is 6.54 Å². The topological polar surface area (TPSA) is 95.1 Å². The van der Waals surface area contributed by atoms with Gasteiger partial charge >= 0.3 is 6.09 Å². The summed E-state index contributed by atoms with van der Waals surface area (Å²) in [6.45, 7) is 3.64. The number of benzene rings is 1. The Balaban J connectivity index is 1.89. The first-order valence-electron chi connectivity index (χ1n) is 9.02. The van der Waals surface area contributed by atoms with E-state index in [4.69, 9.17) is 18.9 Å². The van der Waals surface area contributed by atoms with Crippen LogP contribution in [0.1, 0.15) is 30.1 Å². The first-order chi connectivity index (χ1) is 13.0. The van der Waals surface area contributed by atoms with Gasteiger partial charge in [-0.3, -0.25) is 10.1 Å². The molecule has 8 heteroatoms. The molecule has 0 spiro atoms. The lowest BCUT2D eigenvalue weighted by Gasteiger charge is -2.42. The number of methoxy groups -OCH3 is 2. The van der Waals surface area contributed by atoms with Crippen molar-refractivity contribution in [2.75, 3.05) is 47.1 Å². The molecule has 2 N–H and O–H groups in total. The zero-order chi connectivity index (χ0) is 19.7. The minimum atomic E-state index is -0.481. The molecule has 1 aromatic carbocycles. The molecule has 1 saturated heterocycles. The van der Waals surface area contributed by atoms with Crippen molar-refractivity contribution in [3.05, 3.63) is 23.8 Å². The van der Waals surface area contributed by atoms with Gasteiger partial charge in [-0.25, -0.2) is 4.79 Å². The summed E-state index contributed by atoms with van der Waals surface area (Å²) in [6.07, 6.45) is 1.33. The van der Waals surface area contributed by atoms with Crippen molar-refractivity contribution in [3.63, 3.8) is 0 Å². The largest absolute Gasteiger partial charge is 0.497 e. The lowest BCUT2D eigenvalue weighted by atomic mass is 9.96. The summed E-state index contributed by atoms with van der Waals surface area (Å²) >= 11 is 0. The van der Waals surface area contributed by atoms with E-state index in [1.54, 1.807) is 25.3 Å². The van der Waals surface area contributed by atoms with Crippen LogP contribution in [-0.2, 0) is 9.47 Å². The monoisotopic (exact) mass is 380 g/mol. The minimum absolute atomic E-state index is 0.0828. The van der Waals surface area contributed by atoms with Gasteiger partial charge in [0.1, 0.15) is 11.5 Å². The predicted molar refractivity (Wildman–Crippen MR) is 99.7 cm³/mol. The number of ketones is 1. The molecule has 1 aromatic rings. The van der Waals surface area contributed by atoms with E-state index in [2.05, 4.69) is 10.6 Å². The van der Waals surface area contributed by atoms with Crippen LogP contribution in [0.5, 0.6) is 11.5 Å². The Morgan fingerprint density at radius 3 is 2.59 bits per heavy atom. The highest BCUT2D eigenvalue weighted by Crippen LogP contribution is 2.24. The van der Waals surface area contributed by atoms with Gasteiger partial charge in [-0.05, 0) is 24.6 Å². The highest BCUT2D eigenvalue weighted by molar-refractivity contribution is 6.00. The van der Waals surface area contributed by atoms with Gasteiger partial charge in [0.2, 0.25) is 0 Å². The van der Waals surface area contributed by atoms with Crippen LogP contribution in [0.3, 0.4) is 0 Å². The third-order valence-corrected chi connectivity index (χ3v) is 4.39. The van der Waals surface area contributed by atoms with E-state index < -0.39 is 11.6 Å². The zero-order valence-electron chi connectivity index (χ0n) is 16.1.